The molecule has 4 heterocycles. The lowest BCUT2D eigenvalue weighted by atomic mass is 9.95. The highest BCUT2D eigenvalue weighted by molar-refractivity contribution is 5.77. The van der Waals surface area contributed by atoms with Crippen molar-refractivity contribution in [1.82, 2.24) is 29.6 Å². The Labute approximate surface area is 146 Å². The number of piperidine rings is 1. The van der Waals surface area contributed by atoms with Crippen LogP contribution in [0.3, 0.4) is 0 Å². The number of imidazole rings is 2. The van der Waals surface area contributed by atoms with Gasteiger partial charge in [0.05, 0.1) is 30.0 Å². The van der Waals surface area contributed by atoms with E-state index in [0.717, 1.165) is 23.5 Å². The van der Waals surface area contributed by atoms with E-state index in [2.05, 4.69) is 46.0 Å². The molecule has 0 saturated carbocycles. The molecular weight excluding hydrogens is 316 g/mol. The number of fused-ring (bicyclic) bond motifs is 1. The standard InChI is InChI=1S/C18H22N6O/c1-12-3-5-16-21-13(10-24(16)9-12)7-20-14-4-6-17(25)22-18(14)15-8-19-11-23(15)2/h3,5,8-11,14,18,20H,4,6-7H2,1-2H3,(H,22,25)/t14-,18-/m1/s1. The van der Waals surface area contributed by atoms with E-state index in [1.807, 2.05) is 28.3 Å². The molecule has 25 heavy (non-hydrogen) atoms. The van der Waals surface area contributed by atoms with E-state index in [0.29, 0.717) is 13.0 Å². The molecule has 1 saturated heterocycles. The summed E-state index contributed by atoms with van der Waals surface area (Å²) in [4.78, 5) is 20.7. The molecule has 3 aromatic rings. The van der Waals surface area contributed by atoms with Crippen molar-refractivity contribution in [3.63, 3.8) is 0 Å². The zero-order chi connectivity index (χ0) is 17.4. The third kappa shape index (κ3) is 3.15. The summed E-state index contributed by atoms with van der Waals surface area (Å²) in [5.74, 6) is 0.0902. The fourth-order valence-corrected chi connectivity index (χ4v) is 3.44. The van der Waals surface area contributed by atoms with Crippen LogP contribution in [0.5, 0.6) is 0 Å². The van der Waals surface area contributed by atoms with Gasteiger partial charge < -0.3 is 19.6 Å². The molecular formula is C18H22N6O. The predicted molar refractivity (Wildman–Crippen MR) is 93.9 cm³/mol. The SMILES string of the molecule is Cc1ccc2nc(CN[C@@H]3CCC(=O)N[C@H]3c3cncn3C)cn2c1. The molecule has 1 aliphatic rings. The number of nitrogens with one attached hydrogen (secondary N) is 2. The number of hydrogen-bond acceptors (Lipinski definition) is 4. The highest BCUT2D eigenvalue weighted by Gasteiger charge is 2.31. The number of pyridine rings is 1. The minimum absolute atomic E-state index is 0.0759. The molecule has 0 unspecified atom stereocenters. The van der Waals surface area contributed by atoms with Crippen molar-refractivity contribution >= 4 is 11.6 Å². The normalized spacial score (nSPS) is 20.8. The number of nitrogens with zero attached hydrogens (tertiary/aromatic N) is 4. The van der Waals surface area contributed by atoms with Gasteiger partial charge in [0.2, 0.25) is 5.91 Å². The second kappa shape index (κ2) is 6.33. The molecule has 0 radical (unpaired) electrons. The van der Waals surface area contributed by atoms with Gasteiger partial charge in [-0.05, 0) is 25.0 Å². The van der Waals surface area contributed by atoms with E-state index in [4.69, 9.17) is 0 Å². The summed E-state index contributed by atoms with van der Waals surface area (Å²) >= 11 is 0. The summed E-state index contributed by atoms with van der Waals surface area (Å²) in [7, 11) is 1.95. The molecule has 0 aliphatic carbocycles. The monoisotopic (exact) mass is 338 g/mol. The van der Waals surface area contributed by atoms with Crippen LogP contribution < -0.4 is 10.6 Å². The molecule has 3 aromatic heterocycles. The first kappa shape index (κ1) is 15.8. The van der Waals surface area contributed by atoms with E-state index < -0.39 is 0 Å². The first-order chi connectivity index (χ1) is 12.1. The smallest absolute Gasteiger partial charge is 0.220 e. The van der Waals surface area contributed by atoms with E-state index >= 15 is 0 Å². The van der Waals surface area contributed by atoms with Crippen molar-refractivity contribution in [2.75, 3.05) is 0 Å². The Hall–Kier alpha value is -2.67. The van der Waals surface area contributed by atoms with Gasteiger partial charge in [0.1, 0.15) is 5.65 Å². The van der Waals surface area contributed by atoms with Crippen LogP contribution in [0.4, 0.5) is 0 Å². The minimum atomic E-state index is -0.0759. The zero-order valence-corrected chi connectivity index (χ0v) is 14.4. The maximum Gasteiger partial charge on any atom is 0.220 e. The molecule has 0 aromatic carbocycles. The van der Waals surface area contributed by atoms with Gasteiger partial charge in [-0.3, -0.25) is 4.79 Å². The van der Waals surface area contributed by atoms with Crippen LogP contribution in [0, 0.1) is 6.92 Å². The lowest BCUT2D eigenvalue weighted by molar-refractivity contribution is -0.124. The van der Waals surface area contributed by atoms with Gasteiger partial charge in [0.15, 0.2) is 0 Å². The summed E-state index contributed by atoms with van der Waals surface area (Å²) in [5, 5.41) is 6.66. The van der Waals surface area contributed by atoms with Gasteiger partial charge in [0, 0.05) is 38.4 Å². The van der Waals surface area contributed by atoms with Crippen LogP contribution in [-0.4, -0.2) is 30.9 Å². The van der Waals surface area contributed by atoms with Crippen LogP contribution in [0.25, 0.3) is 5.65 Å². The molecule has 0 bridgehead atoms. The average Bonchev–Trinajstić information content (AvgIpc) is 3.18. The summed E-state index contributed by atoms with van der Waals surface area (Å²) in [6.07, 6.45) is 9.04. The van der Waals surface area contributed by atoms with Gasteiger partial charge >= 0.3 is 0 Å². The molecule has 2 N–H and O–H groups in total. The second-order valence-corrected chi connectivity index (χ2v) is 6.70. The third-order valence-electron chi connectivity index (χ3n) is 4.77. The largest absolute Gasteiger partial charge is 0.346 e. The van der Waals surface area contributed by atoms with Crippen molar-refractivity contribution in [3.05, 3.63) is 54.0 Å². The first-order valence-corrected chi connectivity index (χ1v) is 8.53. The van der Waals surface area contributed by atoms with Crippen LogP contribution in [0.15, 0.2) is 37.1 Å². The number of carbonyl (C=O) groups excluding carboxylic acids is 1. The highest BCUT2D eigenvalue weighted by atomic mass is 16.1. The molecule has 130 valence electrons. The average molecular weight is 338 g/mol. The number of carbonyl (C=O) groups is 1. The Balaban J connectivity index is 1.51. The molecule has 1 amide bonds. The van der Waals surface area contributed by atoms with Gasteiger partial charge in [-0.25, -0.2) is 9.97 Å². The molecule has 4 rings (SSSR count). The lowest BCUT2D eigenvalue weighted by Crippen LogP contribution is -2.48. The van der Waals surface area contributed by atoms with Gasteiger partial charge in [-0.15, -0.1) is 0 Å². The molecule has 0 spiro atoms. The van der Waals surface area contributed by atoms with Gasteiger partial charge in [0.25, 0.3) is 0 Å². The highest BCUT2D eigenvalue weighted by Crippen LogP contribution is 2.24. The van der Waals surface area contributed by atoms with E-state index in [1.54, 1.807) is 6.33 Å². The third-order valence-corrected chi connectivity index (χ3v) is 4.77. The van der Waals surface area contributed by atoms with Crippen molar-refractivity contribution in [2.45, 2.75) is 38.4 Å². The number of rotatable bonds is 4. The Morgan fingerprint density at radius 3 is 3.04 bits per heavy atom. The van der Waals surface area contributed by atoms with E-state index in [9.17, 15) is 4.79 Å². The van der Waals surface area contributed by atoms with Crippen LogP contribution in [0.2, 0.25) is 0 Å². The number of hydrogen-bond donors (Lipinski definition) is 2. The fourth-order valence-electron chi connectivity index (χ4n) is 3.44. The van der Waals surface area contributed by atoms with E-state index in [1.165, 1.54) is 5.56 Å². The van der Waals surface area contributed by atoms with Crippen molar-refractivity contribution in [1.29, 1.82) is 0 Å². The minimum Gasteiger partial charge on any atom is -0.346 e. The van der Waals surface area contributed by atoms with Crippen LogP contribution in [-0.2, 0) is 18.4 Å². The summed E-state index contributed by atoms with van der Waals surface area (Å²) in [6, 6.07) is 4.17. The Morgan fingerprint density at radius 1 is 1.36 bits per heavy atom. The molecule has 7 nitrogen and oxygen atoms in total. The van der Waals surface area contributed by atoms with Crippen LogP contribution in [0.1, 0.15) is 35.8 Å². The molecule has 1 fully saturated rings. The summed E-state index contributed by atoms with van der Waals surface area (Å²) in [5.41, 5.74) is 4.15. The lowest BCUT2D eigenvalue weighted by Gasteiger charge is -2.33. The molecule has 1 aliphatic heterocycles. The van der Waals surface area contributed by atoms with Crippen LogP contribution >= 0.6 is 0 Å². The van der Waals surface area contributed by atoms with Gasteiger partial charge in [-0.2, -0.15) is 0 Å². The fraction of sp³-hybridized carbons (Fsp3) is 0.389. The van der Waals surface area contributed by atoms with Gasteiger partial charge in [-0.1, -0.05) is 6.07 Å². The molecule has 7 heteroatoms. The number of aryl methyl sites for hydroxylation is 2. The maximum atomic E-state index is 11.9. The molecule has 2 atom stereocenters. The Bertz CT molecular complexity index is 911. The van der Waals surface area contributed by atoms with Crippen molar-refractivity contribution < 1.29 is 4.79 Å². The number of aromatic nitrogens is 4. The summed E-state index contributed by atoms with van der Waals surface area (Å²) in [6.45, 7) is 2.73. The predicted octanol–water partition coefficient (Wildman–Crippen LogP) is 1.49. The Morgan fingerprint density at radius 2 is 2.24 bits per heavy atom. The zero-order valence-electron chi connectivity index (χ0n) is 14.4. The Kier molecular flexibility index (Phi) is 4.01. The maximum absolute atomic E-state index is 11.9. The quantitative estimate of drug-likeness (QED) is 0.756. The summed E-state index contributed by atoms with van der Waals surface area (Å²) < 4.78 is 4.01. The topological polar surface area (TPSA) is 76.2 Å². The first-order valence-electron chi connectivity index (χ1n) is 8.53. The van der Waals surface area contributed by atoms with E-state index in [-0.39, 0.29) is 18.0 Å². The van der Waals surface area contributed by atoms with Crippen molar-refractivity contribution in [2.24, 2.45) is 7.05 Å². The number of amides is 1. The van der Waals surface area contributed by atoms with Crippen molar-refractivity contribution in [3.8, 4) is 0 Å². The second-order valence-electron chi connectivity index (χ2n) is 6.70.